The first-order chi connectivity index (χ1) is 7.68. The highest BCUT2D eigenvalue weighted by Gasteiger charge is 2.43. The van der Waals surface area contributed by atoms with E-state index >= 15 is 0 Å². The third kappa shape index (κ3) is 1.90. The van der Waals surface area contributed by atoms with Crippen LogP contribution in [0.2, 0.25) is 0 Å². The van der Waals surface area contributed by atoms with Gasteiger partial charge in [-0.2, -0.15) is 0 Å². The van der Waals surface area contributed by atoms with Gasteiger partial charge in [0.1, 0.15) is 0 Å². The number of rotatable bonds is 1. The van der Waals surface area contributed by atoms with Crippen molar-refractivity contribution in [1.82, 2.24) is 4.90 Å². The highest BCUT2D eigenvalue weighted by molar-refractivity contribution is 5.85. The third-order valence-electron chi connectivity index (χ3n) is 4.28. The van der Waals surface area contributed by atoms with Gasteiger partial charge in [-0.3, -0.25) is 4.90 Å². The van der Waals surface area contributed by atoms with E-state index in [2.05, 4.69) is 49.9 Å². The van der Waals surface area contributed by atoms with E-state index < -0.39 is 0 Å². The van der Waals surface area contributed by atoms with Crippen molar-refractivity contribution in [2.24, 2.45) is 5.92 Å². The normalized spacial score (nSPS) is 31.2. The smallest absolute Gasteiger partial charge is 0.0362 e. The van der Waals surface area contributed by atoms with Crippen molar-refractivity contribution >= 4 is 12.4 Å². The van der Waals surface area contributed by atoms with Gasteiger partial charge in [0, 0.05) is 18.1 Å². The fraction of sp³-hybridized carbons (Fsp3) is 0.600. The monoisotopic (exact) mass is 251 g/mol. The molecule has 94 valence electrons. The Hall–Kier alpha value is -0.530. The predicted octanol–water partition coefficient (Wildman–Crippen LogP) is 4.34. The molecule has 2 aliphatic heterocycles. The van der Waals surface area contributed by atoms with Crippen LogP contribution in [0.15, 0.2) is 24.3 Å². The van der Waals surface area contributed by atoms with Crippen LogP contribution in [0, 0.1) is 5.92 Å². The summed E-state index contributed by atoms with van der Waals surface area (Å²) < 4.78 is 0. The molecule has 0 saturated carbocycles. The number of nitrogens with zero attached hydrogens (tertiary/aromatic N) is 1. The number of piperidine rings is 1. The predicted molar refractivity (Wildman–Crippen MR) is 74.5 cm³/mol. The molecule has 2 heterocycles. The molecule has 2 heteroatoms. The van der Waals surface area contributed by atoms with Gasteiger partial charge in [0.15, 0.2) is 0 Å². The molecule has 0 spiro atoms. The van der Waals surface area contributed by atoms with Crippen LogP contribution in [0.3, 0.4) is 0 Å². The molecule has 1 nitrogen and oxygen atoms in total. The van der Waals surface area contributed by atoms with Gasteiger partial charge in [0.05, 0.1) is 0 Å². The van der Waals surface area contributed by atoms with Crippen LogP contribution in [-0.2, 0) is 0 Å². The summed E-state index contributed by atoms with van der Waals surface area (Å²) >= 11 is 0. The second-order valence-corrected chi connectivity index (χ2v) is 5.78. The molecule has 0 radical (unpaired) electrons. The minimum absolute atomic E-state index is 0. The van der Waals surface area contributed by atoms with Crippen LogP contribution in [0.4, 0.5) is 0 Å². The van der Waals surface area contributed by atoms with Gasteiger partial charge in [-0.1, -0.05) is 31.2 Å². The molecule has 1 saturated heterocycles. The van der Waals surface area contributed by atoms with Crippen molar-refractivity contribution in [3.8, 4) is 0 Å². The molecule has 2 bridgehead atoms. The summed E-state index contributed by atoms with van der Waals surface area (Å²) in [6.45, 7) is 7.08. The summed E-state index contributed by atoms with van der Waals surface area (Å²) in [6, 6.07) is 11.1. The lowest BCUT2D eigenvalue weighted by atomic mass is 9.90. The van der Waals surface area contributed by atoms with E-state index in [1.54, 1.807) is 11.1 Å². The summed E-state index contributed by atoms with van der Waals surface area (Å²) in [5.41, 5.74) is 3.20. The van der Waals surface area contributed by atoms with Crippen LogP contribution in [-0.4, -0.2) is 10.9 Å². The molecule has 2 aliphatic rings. The lowest BCUT2D eigenvalue weighted by Gasteiger charge is -2.40. The Morgan fingerprint density at radius 3 is 1.94 bits per heavy atom. The van der Waals surface area contributed by atoms with Crippen molar-refractivity contribution < 1.29 is 0 Å². The lowest BCUT2D eigenvalue weighted by Crippen LogP contribution is -2.37. The number of fused-ring (bicyclic) bond motifs is 5. The molecule has 3 rings (SSSR count). The number of hydrogen-bond donors (Lipinski definition) is 0. The summed E-state index contributed by atoms with van der Waals surface area (Å²) in [4.78, 5) is 2.73. The summed E-state index contributed by atoms with van der Waals surface area (Å²) in [7, 11) is 0. The molecule has 0 aliphatic carbocycles. The maximum Gasteiger partial charge on any atom is 0.0362 e. The number of benzene rings is 1. The lowest BCUT2D eigenvalue weighted by molar-refractivity contribution is 0.0501. The molecule has 1 aromatic carbocycles. The molecule has 0 amide bonds. The zero-order chi connectivity index (χ0) is 11.3. The summed E-state index contributed by atoms with van der Waals surface area (Å²) in [6.07, 6.45) is 2.68. The molecule has 1 aromatic rings. The molecular weight excluding hydrogens is 230 g/mol. The topological polar surface area (TPSA) is 3.24 Å². The van der Waals surface area contributed by atoms with Crippen LogP contribution >= 0.6 is 12.4 Å². The Bertz CT molecular complexity index is 369. The molecule has 17 heavy (non-hydrogen) atoms. The zero-order valence-electron chi connectivity index (χ0n) is 10.9. The SMILES string of the molecule is CC1CC2c3ccccc3C(C1)N2C(C)C.Cl. The van der Waals surface area contributed by atoms with Crippen molar-refractivity contribution in [3.63, 3.8) is 0 Å². The highest BCUT2D eigenvalue weighted by Crippen LogP contribution is 2.52. The first-order valence-electron chi connectivity index (χ1n) is 6.54. The van der Waals surface area contributed by atoms with Gasteiger partial charge in [0.25, 0.3) is 0 Å². The van der Waals surface area contributed by atoms with Gasteiger partial charge in [-0.25, -0.2) is 0 Å². The van der Waals surface area contributed by atoms with Crippen LogP contribution < -0.4 is 0 Å². The largest absolute Gasteiger partial charge is 0.287 e. The Morgan fingerprint density at radius 1 is 1.06 bits per heavy atom. The minimum atomic E-state index is 0. The first kappa shape index (κ1) is 12.9. The highest BCUT2D eigenvalue weighted by atomic mass is 35.5. The van der Waals surface area contributed by atoms with Gasteiger partial charge >= 0.3 is 0 Å². The van der Waals surface area contributed by atoms with Crippen molar-refractivity contribution in [2.75, 3.05) is 0 Å². The quantitative estimate of drug-likeness (QED) is 0.718. The fourth-order valence-corrected chi connectivity index (χ4v) is 3.73. The van der Waals surface area contributed by atoms with E-state index in [9.17, 15) is 0 Å². The van der Waals surface area contributed by atoms with Gasteiger partial charge in [-0.15, -0.1) is 12.4 Å². The number of halogens is 1. The summed E-state index contributed by atoms with van der Waals surface area (Å²) in [5, 5.41) is 0. The van der Waals surface area contributed by atoms with Crippen LogP contribution in [0.1, 0.15) is 56.8 Å². The average Bonchev–Trinajstić information content (AvgIpc) is 2.47. The van der Waals surface area contributed by atoms with Crippen LogP contribution in [0.25, 0.3) is 0 Å². The number of hydrogen-bond acceptors (Lipinski definition) is 1. The van der Waals surface area contributed by atoms with Gasteiger partial charge in [-0.05, 0) is 43.7 Å². The second-order valence-electron chi connectivity index (χ2n) is 5.78. The van der Waals surface area contributed by atoms with E-state index in [1.165, 1.54) is 12.8 Å². The van der Waals surface area contributed by atoms with Crippen LogP contribution in [0.5, 0.6) is 0 Å². The third-order valence-corrected chi connectivity index (χ3v) is 4.28. The zero-order valence-corrected chi connectivity index (χ0v) is 11.7. The van der Waals surface area contributed by atoms with Crippen molar-refractivity contribution in [2.45, 2.75) is 51.7 Å². The maximum atomic E-state index is 2.73. The Kier molecular flexibility index (Phi) is 3.51. The van der Waals surface area contributed by atoms with E-state index in [4.69, 9.17) is 0 Å². The first-order valence-corrected chi connectivity index (χ1v) is 6.54. The minimum Gasteiger partial charge on any atom is -0.287 e. The molecular formula is C15H22ClN. The van der Waals surface area contributed by atoms with Gasteiger partial charge in [0.2, 0.25) is 0 Å². The second kappa shape index (κ2) is 4.62. The Labute approximate surface area is 111 Å². The Balaban J connectivity index is 0.00000108. The van der Waals surface area contributed by atoms with E-state index in [-0.39, 0.29) is 12.4 Å². The molecule has 0 N–H and O–H groups in total. The van der Waals surface area contributed by atoms with Crippen molar-refractivity contribution in [1.29, 1.82) is 0 Å². The van der Waals surface area contributed by atoms with E-state index in [1.807, 2.05) is 0 Å². The molecule has 0 aromatic heterocycles. The molecule has 2 atom stereocenters. The molecule has 1 fully saturated rings. The van der Waals surface area contributed by atoms with Crippen molar-refractivity contribution in [3.05, 3.63) is 35.4 Å². The summed E-state index contributed by atoms with van der Waals surface area (Å²) in [5.74, 6) is 0.873. The van der Waals surface area contributed by atoms with Gasteiger partial charge < -0.3 is 0 Å². The maximum absolute atomic E-state index is 2.73. The average molecular weight is 252 g/mol. The Morgan fingerprint density at radius 2 is 1.53 bits per heavy atom. The molecule has 2 unspecified atom stereocenters. The standard InChI is InChI=1S/C15H21N.ClH/c1-10(2)16-14-8-11(3)9-15(16)13-7-5-4-6-12(13)14;/h4-7,10-11,14-15H,8-9H2,1-3H3;1H. The van der Waals surface area contributed by atoms with E-state index in [0.717, 1.165) is 5.92 Å². The van der Waals surface area contributed by atoms with E-state index in [0.29, 0.717) is 18.1 Å². The fourth-order valence-electron chi connectivity index (χ4n) is 3.73.